The summed E-state index contributed by atoms with van der Waals surface area (Å²) in [4.78, 5) is 16.1. The molecule has 1 saturated heterocycles. The van der Waals surface area contributed by atoms with Gasteiger partial charge in [-0.15, -0.1) is 11.3 Å². The molecule has 0 spiro atoms. The number of nitrogens with zero attached hydrogens (tertiary/aromatic N) is 4. The Morgan fingerprint density at radius 3 is 2.78 bits per heavy atom. The molecule has 4 heterocycles. The van der Waals surface area contributed by atoms with Crippen LogP contribution in [0, 0.1) is 0 Å². The highest BCUT2D eigenvalue weighted by Crippen LogP contribution is 2.34. The Morgan fingerprint density at radius 2 is 1.97 bits per heavy atom. The quantitative estimate of drug-likeness (QED) is 0.534. The largest absolute Gasteiger partial charge is 0.383 e. The molecule has 2 aliphatic heterocycles. The number of hydrogen-bond acceptors (Lipinski definition) is 8. The molecule has 1 aromatic carbocycles. The van der Waals surface area contributed by atoms with Crippen LogP contribution in [0.5, 0.6) is 0 Å². The van der Waals surface area contributed by atoms with Crippen molar-refractivity contribution in [2.75, 3.05) is 36.4 Å². The zero-order valence-electron chi connectivity index (χ0n) is 17.6. The number of anilines is 2. The number of thiazole rings is 1. The minimum absolute atomic E-state index is 0.487. The summed E-state index contributed by atoms with van der Waals surface area (Å²) >= 11 is 7.56. The first kappa shape index (κ1) is 21.2. The number of halogens is 1. The molecule has 2 aromatic heterocycles. The van der Waals surface area contributed by atoms with Gasteiger partial charge in [-0.2, -0.15) is 0 Å². The third kappa shape index (κ3) is 4.57. The van der Waals surface area contributed by atoms with Crippen LogP contribution < -0.4 is 15.5 Å². The van der Waals surface area contributed by atoms with Gasteiger partial charge in [0.1, 0.15) is 17.1 Å². The minimum Gasteiger partial charge on any atom is -0.383 e. The number of benzene rings is 1. The summed E-state index contributed by atoms with van der Waals surface area (Å²) in [5, 5.41) is 21.3. The van der Waals surface area contributed by atoms with E-state index in [1.54, 1.807) is 0 Å². The molecule has 3 aromatic rings. The third-order valence-electron chi connectivity index (χ3n) is 5.80. The Bertz CT molecular complexity index is 1120. The van der Waals surface area contributed by atoms with Crippen LogP contribution in [0.25, 0.3) is 11.4 Å². The van der Waals surface area contributed by atoms with E-state index in [4.69, 9.17) is 16.6 Å². The molecule has 1 atom stereocenters. The molecule has 2 aliphatic rings. The molecule has 3 N–H and O–H groups in total. The summed E-state index contributed by atoms with van der Waals surface area (Å²) in [6.07, 6.45) is 2.64. The fourth-order valence-corrected chi connectivity index (χ4v) is 4.97. The van der Waals surface area contributed by atoms with Gasteiger partial charge in [-0.25, -0.2) is 9.97 Å². The predicted octanol–water partition coefficient (Wildman–Crippen LogP) is 4.11. The number of aliphatic hydroxyl groups is 1. The summed E-state index contributed by atoms with van der Waals surface area (Å²) in [7, 11) is 0. The van der Waals surface area contributed by atoms with Gasteiger partial charge in [0.25, 0.3) is 0 Å². The lowest BCUT2D eigenvalue weighted by atomic mass is 9.86. The van der Waals surface area contributed by atoms with Gasteiger partial charge in [-0.05, 0) is 49.1 Å². The standard InChI is InChI=1S/C23H25ClN6OS/c24-17-8-6-16(7-9-17)23(31)10-2-13-30(15-23)20-5-1-4-18(27-20)19-14-32-22(28-19)29-21-25-11-3-12-26-21/h1,4-9,14,31H,2-3,10-13,15H2,(H2,25,26,28,29). The third-order valence-corrected chi connectivity index (χ3v) is 6.81. The number of aromatic nitrogens is 2. The maximum Gasteiger partial charge on any atom is 0.197 e. The molecule has 0 bridgehead atoms. The molecular formula is C23H25ClN6OS. The number of β-amino-alcohol motifs (C(OH)–C–C–N with tert-alkyl or cyclic N) is 1. The van der Waals surface area contributed by atoms with Crippen molar-refractivity contribution in [2.45, 2.75) is 24.9 Å². The van der Waals surface area contributed by atoms with E-state index in [1.165, 1.54) is 11.3 Å². The van der Waals surface area contributed by atoms with Crippen LogP contribution in [0.3, 0.4) is 0 Å². The van der Waals surface area contributed by atoms with Crippen molar-refractivity contribution >= 4 is 39.8 Å². The van der Waals surface area contributed by atoms with E-state index in [0.717, 1.165) is 66.3 Å². The lowest BCUT2D eigenvalue weighted by Crippen LogP contribution is -2.46. The Labute approximate surface area is 196 Å². The van der Waals surface area contributed by atoms with E-state index in [9.17, 15) is 5.11 Å². The molecule has 0 aliphatic carbocycles. The Morgan fingerprint density at radius 1 is 1.09 bits per heavy atom. The predicted molar refractivity (Wildman–Crippen MR) is 131 cm³/mol. The number of hydrogen-bond donors (Lipinski definition) is 3. The number of aliphatic imine (C=N–C) groups is 1. The zero-order chi connectivity index (χ0) is 22.0. The van der Waals surface area contributed by atoms with Gasteiger partial charge in [0.2, 0.25) is 0 Å². The fourth-order valence-electron chi connectivity index (χ4n) is 4.14. The lowest BCUT2D eigenvalue weighted by molar-refractivity contribution is 0.0217. The van der Waals surface area contributed by atoms with Crippen molar-refractivity contribution in [3.63, 3.8) is 0 Å². The topological polar surface area (TPSA) is 85.7 Å². The average molecular weight is 469 g/mol. The second kappa shape index (κ2) is 9.05. The Hall–Kier alpha value is -2.68. The molecular weight excluding hydrogens is 444 g/mol. The van der Waals surface area contributed by atoms with Crippen LogP contribution in [0.4, 0.5) is 10.9 Å². The number of nitrogens with one attached hydrogen (secondary N) is 2. The van der Waals surface area contributed by atoms with Crippen LogP contribution >= 0.6 is 22.9 Å². The summed E-state index contributed by atoms with van der Waals surface area (Å²) < 4.78 is 0. The molecule has 0 radical (unpaired) electrons. The first-order valence-electron chi connectivity index (χ1n) is 10.8. The van der Waals surface area contributed by atoms with Gasteiger partial charge in [-0.1, -0.05) is 29.8 Å². The smallest absolute Gasteiger partial charge is 0.197 e. The summed E-state index contributed by atoms with van der Waals surface area (Å²) in [6, 6.07) is 13.4. The maximum absolute atomic E-state index is 11.4. The van der Waals surface area contributed by atoms with Gasteiger partial charge >= 0.3 is 0 Å². The van der Waals surface area contributed by atoms with E-state index in [0.29, 0.717) is 18.0 Å². The number of guanidine groups is 1. The molecule has 1 unspecified atom stereocenters. The highest BCUT2D eigenvalue weighted by molar-refractivity contribution is 7.14. The van der Waals surface area contributed by atoms with Crippen LogP contribution in [0.1, 0.15) is 24.8 Å². The maximum atomic E-state index is 11.4. The van der Waals surface area contributed by atoms with Crippen molar-refractivity contribution in [2.24, 2.45) is 4.99 Å². The SMILES string of the molecule is OC1(c2ccc(Cl)cc2)CCCN(c2cccc(-c3csc(NC4=NCCCN4)n3)n2)C1. The van der Waals surface area contributed by atoms with Gasteiger partial charge in [0.05, 0.1) is 12.2 Å². The number of pyridine rings is 1. The summed E-state index contributed by atoms with van der Waals surface area (Å²) in [5.74, 6) is 1.61. The fraction of sp³-hybridized carbons (Fsp3) is 0.348. The second-order valence-corrected chi connectivity index (χ2v) is 9.41. The van der Waals surface area contributed by atoms with Crippen molar-refractivity contribution in [3.05, 3.63) is 58.4 Å². The highest BCUT2D eigenvalue weighted by Gasteiger charge is 2.35. The van der Waals surface area contributed by atoms with Crippen molar-refractivity contribution in [1.82, 2.24) is 15.3 Å². The Kier molecular flexibility index (Phi) is 5.99. The average Bonchev–Trinajstić information content (AvgIpc) is 3.29. The second-order valence-electron chi connectivity index (χ2n) is 8.12. The van der Waals surface area contributed by atoms with E-state index in [2.05, 4.69) is 25.5 Å². The molecule has 0 amide bonds. The number of rotatable bonds is 4. The molecule has 7 nitrogen and oxygen atoms in total. The highest BCUT2D eigenvalue weighted by atomic mass is 35.5. The van der Waals surface area contributed by atoms with Crippen LogP contribution in [0.15, 0.2) is 52.8 Å². The monoisotopic (exact) mass is 468 g/mol. The zero-order valence-corrected chi connectivity index (χ0v) is 19.2. The molecule has 0 saturated carbocycles. The van der Waals surface area contributed by atoms with Gasteiger partial charge in [-0.3, -0.25) is 4.99 Å². The van der Waals surface area contributed by atoms with E-state index in [1.807, 2.05) is 47.8 Å². The molecule has 1 fully saturated rings. The van der Waals surface area contributed by atoms with Crippen molar-refractivity contribution < 1.29 is 5.11 Å². The van der Waals surface area contributed by atoms with E-state index >= 15 is 0 Å². The van der Waals surface area contributed by atoms with Crippen molar-refractivity contribution in [3.8, 4) is 11.4 Å². The first-order chi connectivity index (χ1) is 15.6. The van der Waals surface area contributed by atoms with Gasteiger partial charge in [0, 0.05) is 30.0 Å². The van der Waals surface area contributed by atoms with E-state index < -0.39 is 5.60 Å². The molecule has 166 valence electrons. The summed E-state index contributed by atoms with van der Waals surface area (Å²) in [5.41, 5.74) is 1.59. The molecule has 32 heavy (non-hydrogen) atoms. The first-order valence-corrected chi connectivity index (χ1v) is 12.1. The summed E-state index contributed by atoms with van der Waals surface area (Å²) in [6.45, 7) is 3.09. The van der Waals surface area contributed by atoms with E-state index in [-0.39, 0.29) is 0 Å². The van der Waals surface area contributed by atoms with Crippen molar-refractivity contribution in [1.29, 1.82) is 0 Å². The van der Waals surface area contributed by atoms with Gasteiger partial charge < -0.3 is 20.6 Å². The number of piperidine rings is 1. The van der Waals surface area contributed by atoms with Gasteiger partial charge in [0.15, 0.2) is 11.1 Å². The molecule has 9 heteroatoms. The Balaban J connectivity index is 1.34. The lowest BCUT2D eigenvalue weighted by Gasteiger charge is -2.40. The van der Waals surface area contributed by atoms with Crippen LogP contribution in [-0.2, 0) is 5.60 Å². The molecule has 5 rings (SSSR count). The van der Waals surface area contributed by atoms with Crippen LogP contribution in [0.2, 0.25) is 5.02 Å². The minimum atomic E-state index is -0.925. The van der Waals surface area contributed by atoms with Crippen LogP contribution in [-0.4, -0.2) is 47.2 Å². The normalized spacial score (nSPS) is 21.1.